The summed E-state index contributed by atoms with van der Waals surface area (Å²) in [7, 11) is 1.60. The second kappa shape index (κ2) is 8.27. The molecular formula is C23H22N5O3+. The fourth-order valence-electron chi connectivity index (χ4n) is 3.42. The van der Waals surface area contributed by atoms with E-state index in [1.54, 1.807) is 36.1 Å². The highest BCUT2D eigenvalue weighted by Gasteiger charge is 2.24. The standard InChI is InChI=1S/C23H21N5O3/c1-3-11-25-22(29)17-13-18-21(26-19-6-4-5-12-27(19)23(18)30)28(20(17)24)14-15-7-9-16(31-2)10-8-15/h3-10,12-13,24H,1,11,14H2,2H3,(H,25,29)/p+1. The Morgan fingerprint density at radius 2 is 2.06 bits per heavy atom. The second-order valence-corrected chi connectivity index (χ2v) is 6.96. The molecule has 8 nitrogen and oxygen atoms in total. The highest BCUT2D eigenvalue weighted by atomic mass is 16.5. The molecule has 1 amide bonds. The zero-order valence-corrected chi connectivity index (χ0v) is 17.0. The van der Waals surface area contributed by atoms with Gasteiger partial charge in [-0.2, -0.15) is 0 Å². The Balaban J connectivity index is 1.97. The largest absolute Gasteiger partial charge is 0.497 e. The van der Waals surface area contributed by atoms with Crippen LogP contribution in [0.4, 0.5) is 5.82 Å². The van der Waals surface area contributed by atoms with Crippen LogP contribution in [-0.4, -0.2) is 28.9 Å². The summed E-state index contributed by atoms with van der Waals surface area (Å²) in [5, 5.41) is 3.02. The summed E-state index contributed by atoms with van der Waals surface area (Å²) < 4.78 is 8.35. The molecule has 0 atom stereocenters. The molecular weight excluding hydrogens is 394 g/mol. The van der Waals surface area contributed by atoms with Gasteiger partial charge in [-0.25, -0.2) is 4.57 Å². The van der Waals surface area contributed by atoms with Crippen molar-refractivity contribution in [2.45, 2.75) is 6.54 Å². The number of nitrogens with two attached hydrogens (primary N) is 1. The van der Waals surface area contributed by atoms with Crippen molar-refractivity contribution in [3.05, 3.63) is 88.9 Å². The Bertz CT molecular complexity index is 1360. The maximum absolute atomic E-state index is 13.2. The number of hydrogen-bond donors (Lipinski definition) is 2. The normalized spacial score (nSPS) is 10.9. The van der Waals surface area contributed by atoms with Crippen molar-refractivity contribution in [1.82, 2.24) is 14.7 Å². The number of pyridine rings is 2. The molecule has 3 heterocycles. The van der Waals surface area contributed by atoms with Gasteiger partial charge < -0.3 is 15.8 Å². The zero-order chi connectivity index (χ0) is 22.0. The van der Waals surface area contributed by atoms with Gasteiger partial charge in [0, 0.05) is 12.7 Å². The predicted molar refractivity (Wildman–Crippen MR) is 118 cm³/mol. The van der Waals surface area contributed by atoms with E-state index in [9.17, 15) is 9.59 Å². The summed E-state index contributed by atoms with van der Waals surface area (Å²) in [5.41, 5.74) is 8.17. The first-order chi connectivity index (χ1) is 15.0. The molecule has 3 N–H and O–H groups in total. The molecule has 0 saturated heterocycles. The van der Waals surface area contributed by atoms with Gasteiger partial charge in [-0.1, -0.05) is 29.3 Å². The molecule has 8 heteroatoms. The number of benzene rings is 1. The SMILES string of the molecule is C=CCNC(=O)c1cc2c(=O)n3ccccc3nc2[n+](Cc2ccc(OC)cc2)c1N. The number of carbonyl (C=O) groups is 1. The van der Waals surface area contributed by atoms with Crippen LogP contribution in [0.15, 0.2) is 72.2 Å². The van der Waals surface area contributed by atoms with Gasteiger partial charge in [-0.3, -0.25) is 14.0 Å². The van der Waals surface area contributed by atoms with Crippen LogP contribution in [0.5, 0.6) is 5.75 Å². The van der Waals surface area contributed by atoms with Crippen molar-refractivity contribution in [2.24, 2.45) is 0 Å². The minimum atomic E-state index is -0.389. The molecule has 0 aliphatic heterocycles. The average molecular weight is 416 g/mol. The molecule has 156 valence electrons. The number of amides is 1. The van der Waals surface area contributed by atoms with Crippen LogP contribution in [-0.2, 0) is 6.54 Å². The first-order valence-corrected chi connectivity index (χ1v) is 9.69. The van der Waals surface area contributed by atoms with E-state index < -0.39 is 0 Å². The number of ether oxygens (including phenoxy) is 1. The summed E-state index contributed by atoms with van der Waals surface area (Å²) in [4.78, 5) is 30.6. The lowest BCUT2D eigenvalue weighted by atomic mass is 10.1. The van der Waals surface area contributed by atoms with Crippen LogP contribution in [0.3, 0.4) is 0 Å². The lowest BCUT2D eigenvalue weighted by molar-refractivity contribution is -0.649. The fraction of sp³-hybridized carbons (Fsp3) is 0.130. The van der Waals surface area contributed by atoms with Crippen LogP contribution in [0, 0.1) is 0 Å². The Labute approximate surface area is 178 Å². The molecule has 0 unspecified atom stereocenters. The Morgan fingerprint density at radius 3 is 2.77 bits per heavy atom. The van der Waals surface area contributed by atoms with Crippen molar-refractivity contribution in [3.8, 4) is 5.75 Å². The van der Waals surface area contributed by atoms with Crippen molar-refractivity contribution >= 4 is 28.4 Å². The number of carbonyl (C=O) groups excluding carboxylic acids is 1. The van der Waals surface area contributed by atoms with Crippen LogP contribution >= 0.6 is 0 Å². The van der Waals surface area contributed by atoms with Gasteiger partial charge in [0.25, 0.3) is 17.1 Å². The predicted octanol–water partition coefficient (Wildman–Crippen LogP) is 1.69. The van der Waals surface area contributed by atoms with E-state index >= 15 is 0 Å². The van der Waals surface area contributed by atoms with E-state index in [-0.39, 0.29) is 29.4 Å². The smallest absolute Gasteiger partial charge is 0.278 e. The van der Waals surface area contributed by atoms with E-state index in [0.717, 1.165) is 11.3 Å². The third-order valence-electron chi connectivity index (χ3n) is 5.01. The number of aromatic nitrogens is 3. The molecule has 31 heavy (non-hydrogen) atoms. The van der Waals surface area contributed by atoms with Crippen molar-refractivity contribution < 1.29 is 14.1 Å². The number of rotatable bonds is 6. The van der Waals surface area contributed by atoms with E-state index in [2.05, 4.69) is 16.9 Å². The van der Waals surface area contributed by atoms with Crippen LogP contribution in [0.2, 0.25) is 0 Å². The number of nitrogens with zero attached hydrogens (tertiary/aromatic N) is 3. The van der Waals surface area contributed by atoms with Gasteiger partial charge in [0.05, 0.1) is 13.7 Å². The van der Waals surface area contributed by atoms with E-state index in [1.165, 1.54) is 10.5 Å². The number of methoxy groups -OCH3 is 1. The third-order valence-corrected chi connectivity index (χ3v) is 5.01. The van der Waals surface area contributed by atoms with Gasteiger partial charge >= 0.3 is 0 Å². The number of nitrogen functional groups attached to an aromatic ring is 1. The van der Waals surface area contributed by atoms with Gasteiger partial charge in [-0.15, -0.1) is 6.58 Å². The molecule has 0 fully saturated rings. The monoisotopic (exact) mass is 416 g/mol. The maximum Gasteiger partial charge on any atom is 0.278 e. The molecule has 0 spiro atoms. The summed E-state index contributed by atoms with van der Waals surface area (Å²) >= 11 is 0. The molecule has 0 saturated carbocycles. The fourth-order valence-corrected chi connectivity index (χ4v) is 3.42. The Kier molecular flexibility index (Phi) is 5.36. The van der Waals surface area contributed by atoms with Crippen LogP contribution in [0.1, 0.15) is 15.9 Å². The zero-order valence-electron chi connectivity index (χ0n) is 17.0. The molecule has 4 rings (SSSR count). The average Bonchev–Trinajstić information content (AvgIpc) is 2.80. The van der Waals surface area contributed by atoms with E-state index in [4.69, 9.17) is 10.5 Å². The molecule has 0 bridgehead atoms. The number of fused-ring (bicyclic) bond motifs is 2. The number of hydrogen-bond acceptors (Lipinski definition) is 5. The quantitative estimate of drug-likeness (QED) is 0.283. The van der Waals surface area contributed by atoms with Crippen molar-refractivity contribution in [3.63, 3.8) is 0 Å². The molecule has 4 aromatic rings. The van der Waals surface area contributed by atoms with E-state index in [1.807, 2.05) is 30.3 Å². The maximum atomic E-state index is 13.2. The lowest BCUT2D eigenvalue weighted by Crippen LogP contribution is -2.43. The minimum absolute atomic E-state index is 0.206. The number of nitrogens with one attached hydrogen (secondary N) is 1. The summed E-state index contributed by atoms with van der Waals surface area (Å²) in [5.74, 6) is 0.559. The second-order valence-electron chi connectivity index (χ2n) is 6.96. The van der Waals surface area contributed by atoms with Crippen LogP contribution in [0.25, 0.3) is 16.7 Å². The highest BCUT2D eigenvalue weighted by molar-refractivity contribution is 6.00. The molecule has 1 aromatic carbocycles. The molecule has 0 radical (unpaired) electrons. The summed E-state index contributed by atoms with van der Waals surface area (Å²) in [6.45, 7) is 4.21. The highest BCUT2D eigenvalue weighted by Crippen LogP contribution is 2.17. The molecule has 0 aliphatic carbocycles. The third kappa shape index (κ3) is 3.71. The lowest BCUT2D eigenvalue weighted by Gasteiger charge is -2.12. The van der Waals surface area contributed by atoms with Gasteiger partial charge in [0.15, 0.2) is 0 Å². The van der Waals surface area contributed by atoms with E-state index in [0.29, 0.717) is 23.2 Å². The Morgan fingerprint density at radius 1 is 1.29 bits per heavy atom. The van der Waals surface area contributed by atoms with Gasteiger partial charge in [-0.05, 0) is 35.9 Å². The van der Waals surface area contributed by atoms with Crippen molar-refractivity contribution in [1.29, 1.82) is 0 Å². The molecule has 3 aromatic heterocycles. The van der Waals surface area contributed by atoms with Gasteiger partial charge in [0.2, 0.25) is 11.5 Å². The van der Waals surface area contributed by atoms with Crippen molar-refractivity contribution in [2.75, 3.05) is 19.4 Å². The summed E-state index contributed by atoms with van der Waals surface area (Å²) in [6.07, 6.45) is 3.22. The summed E-state index contributed by atoms with van der Waals surface area (Å²) in [6, 6.07) is 14.3. The molecule has 0 aliphatic rings. The Hall–Kier alpha value is -4.20. The van der Waals surface area contributed by atoms with Gasteiger partial charge in [0.1, 0.15) is 16.7 Å². The minimum Gasteiger partial charge on any atom is -0.497 e. The topological polar surface area (TPSA) is 103 Å². The first-order valence-electron chi connectivity index (χ1n) is 9.69. The first kappa shape index (κ1) is 20.1. The number of anilines is 1. The van der Waals surface area contributed by atoms with Crippen LogP contribution < -0.4 is 25.9 Å².